The van der Waals surface area contributed by atoms with Gasteiger partial charge in [0.25, 0.3) is 11.5 Å². The number of aliphatic hydroxyl groups is 1. The Hall–Kier alpha value is -3.13. The third-order valence-corrected chi connectivity index (χ3v) is 8.50. The maximum Gasteiger partial charge on any atom is 0.430 e. The second kappa shape index (κ2) is 9.26. The molecule has 1 fully saturated rings. The Balaban J connectivity index is 1.59. The van der Waals surface area contributed by atoms with Crippen LogP contribution in [-0.2, 0) is 31.6 Å². The number of carbonyl (C=O) groups excluding carboxylic acids is 2. The summed E-state index contributed by atoms with van der Waals surface area (Å²) in [4.78, 5) is 26.6. The fraction of sp³-hybridized carbons (Fsp3) is 0.417. The summed E-state index contributed by atoms with van der Waals surface area (Å²) in [6.07, 6.45) is -10.5. The second-order valence-corrected chi connectivity index (χ2v) is 11.4. The molecule has 1 aliphatic carbocycles. The fourth-order valence-electron chi connectivity index (χ4n) is 4.38. The highest BCUT2D eigenvalue weighted by atomic mass is 32.2. The number of anilines is 1. The number of nitrogens with zero attached hydrogens (tertiary/aromatic N) is 1. The molecule has 2 N–H and O–H groups in total. The van der Waals surface area contributed by atoms with Crippen molar-refractivity contribution in [3.63, 3.8) is 0 Å². The largest absolute Gasteiger partial charge is 0.430 e. The van der Waals surface area contributed by atoms with Crippen LogP contribution in [0.2, 0.25) is 0 Å². The van der Waals surface area contributed by atoms with Gasteiger partial charge in [-0.25, -0.2) is 8.42 Å². The monoisotopic (exact) mass is 564 g/mol. The minimum absolute atomic E-state index is 0.0000769. The first-order valence-corrected chi connectivity index (χ1v) is 13.0. The number of hydrogen-bond donors (Lipinski definition) is 2. The molecule has 1 aliphatic heterocycles. The lowest BCUT2D eigenvalue weighted by Crippen LogP contribution is -2.53. The summed E-state index contributed by atoms with van der Waals surface area (Å²) < 4.78 is 104. The van der Waals surface area contributed by atoms with Gasteiger partial charge >= 0.3 is 12.4 Å². The molecule has 1 atom stereocenters. The van der Waals surface area contributed by atoms with Crippen LogP contribution in [0, 0.1) is 5.92 Å². The highest BCUT2D eigenvalue weighted by Gasteiger charge is 2.71. The first kappa shape index (κ1) is 27.9. The van der Waals surface area contributed by atoms with Gasteiger partial charge in [-0.15, -0.1) is 0 Å². The van der Waals surface area contributed by atoms with Crippen LogP contribution in [0.5, 0.6) is 0 Å². The summed E-state index contributed by atoms with van der Waals surface area (Å²) in [5.74, 6) is -1.23. The minimum Gasteiger partial charge on any atom is -0.369 e. The Morgan fingerprint density at radius 3 is 2.08 bits per heavy atom. The van der Waals surface area contributed by atoms with Crippen molar-refractivity contribution in [2.75, 3.05) is 11.1 Å². The smallest absolute Gasteiger partial charge is 0.369 e. The molecule has 38 heavy (non-hydrogen) atoms. The molecular weight excluding hydrogens is 542 g/mol. The van der Waals surface area contributed by atoms with Crippen LogP contribution in [-0.4, -0.2) is 48.3 Å². The van der Waals surface area contributed by atoms with Crippen molar-refractivity contribution in [3.05, 3.63) is 59.2 Å². The number of hydrogen-bond acceptors (Lipinski definition) is 5. The van der Waals surface area contributed by atoms with Crippen molar-refractivity contribution in [2.45, 2.75) is 55.2 Å². The molecule has 206 valence electrons. The molecule has 1 heterocycles. The van der Waals surface area contributed by atoms with Crippen molar-refractivity contribution in [1.29, 1.82) is 0 Å². The number of amides is 2. The van der Waals surface area contributed by atoms with E-state index in [-0.39, 0.29) is 28.8 Å². The number of fused-ring (bicyclic) bond motifs is 1. The summed E-state index contributed by atoms with van der Waals surface area (Å²) in [7, 11) is -3.56. The molecule has 0 unspecified atom stereocenters. The Bertz CT molecular complexity index is 1350. The van der Waals surface area contributed by atoms with Crippen LogP contribution in [0.25, 0.3) is 0 Å². The van der Waals surface area contributed by atoms with E-state index in [0.717, 1.165) is 29.9 Å². The van der Waals surface area contributed by atoms with Crippen LogP contribution in [0.4, 0.5) is 32.0 Å². The number of rotatable bonds is 6. The molecule has 2 aromatic carbocycles. The number of benzene rings is 2. The second-order valence-electron chi connectivity index (χ2n) is 9.41. The molecule has 0 saturated heterocycles. The zero-order valence-electron chi connectivity index (χ0n) is 19.7. The molecule has 0 aromatic heterocycles. The maximum atomic E-state index is 13.1. The van der Waals surface area contributed by atoms with Gasteiger partial charge in [0.2, 0.25) is 5.91 Å². The molecule has 2 aliphatic rings. The van der Waals surface area contributed by atoms with Crippen LogP contribution in [0.3, 0.4) is 0 Å². The van der Waals surface area contributed by atoms with Gasteiger partial charge in [-0.1, -0.05) is 18.2 Å². The van der Waals surface area contributed by atoms with Gasteiger partial charge in [0.15, 0.2) is 9.84 Å². The number of halogens is 6. The normalized spacial score (nSPS) is 18.3. The van der Waals surface area contributed by atoms with Crippen molar-refractivity contribution < 1.29 is 49.5 Å². The van der Waals surface area contributed by atoms with Crippen molar-refractivity contribution >= 4 is 27.3 Å². The van der Waals surface area contributed by atoms with E-state index in [1.165, 1.54) is 25.1 Å². The van der Waals surface area contributed by atoms with E-state index in [0.29, 0.717) is 23.3 Å². The first-order valence-electron chi connectivity index (χ1n) is 11.4. The van der Waals surface area contributed by atoms with E-state index >= 15 is 0 Å². The van der Waals surface area contributed by atoms with Crippen molar-refractivity contribution in [3.8, 4) is 0 Å². The van der Waals surface area contributed by atoms with E-state index in [4.69, 9.17) is 0 Å². The lowest BCUT2D eigenvalue weighted by Gasteiger charge is -2.32. The Kier molecular flexibility index (Phi) is 6.80. The number of alkyl halides is 6. The van der Waals surface area contributed by atoms with Crippen molar-refractivity contribution in [1.82, 2.24) is 4.90 Å². The maximum absolute atomic E-state index is 13.1. The number of carbonyl (C=O) groups is 2. The van der Waals surface area contributed by atoms with Gasteiger partial charge in [0.05, 0.1) is 10.6 Å². The average molecular weight is 565 g/mol. The minimum atomic E-state index is -6.06. The zero-order valence-corrected chi connectivity index (χ0v) is 20.5. The van der Waals surface area contributed by atoms with E-state index in [2.05, 4.69) is 5.32 Å². The summed E-state index contributed by atoms with van der Waals surface area (Å²) in [6.45, 7) is 1.12. The molecule has 4 rings (SSSR count). The highest BCUT2D eigenvalue weighted by Crippen LogP contribution is 2.50. The molecular formula is C24H22F6N2O5S. The zero-order chi connectivity index (χ0) is 28.3. The molecule has 0 bridgehead atoms. The van der Waals surface area contributed by atoms with Gasteiger partial charge in [-0.3, -0.25) is 9.59 Å². The molecule has 14 heteroatoms. The van der Waals surface area contributed by atoms with Crippen LogP contribution in [0.15, 0.2) is 47.4 Å². The van der Waals surface area contributed by atoms with E-state index in [1.54, 1.807) is 0 Å². The summed E-state index contributed by atoms with van der Waals surface area (Å²) >= 11 is 0. The molecule has 1 saturated carbocycles. The number of nitrogens with one attached hydrogen (secondary N) is 1. The van der Waals surface area contributed by atoms with E-state index in [9.17, 15) is 49.5 Å². The van der Waals surface area contributed by atoms with Gasteiger partial charge in [0.1, 0.15) is 6.04 Å². The van der Waals surface area contributed by atoms with Gasteiger partial charge < -0.3 is 15.3 Å². The fourth-order valence-corrected chi connectivity index (χ4v) is 6.13. The van der Waals surface area contributed by atoms with Gasteiger partial charge in [-0.2, -0.15) is 26.3 Å². The first-order chi connectivity index (χ1) is 17.5. The molecule has 2 aromatic rings. The van der Waals surface area contributed by atoms with Crippen molar-refractivity contribution in [2.24, 2.45) is 5.92 Å². The predicted molar refractivity (Wildman–Crippen MR) is 121 cm³/mol. The summed E-state index contributed by atoms with van der Waals surface area (Å²) in [5, 5.41) is 11.9. The van der Waals surface area contributed by atoms with Crippen LogP contribution in [0.1, 0.15) is 42.5 Å². The standard InChI is InChI=1S/C24H22F6N2O5S/c1-13(33)32-11-15-10-18(38(36,37)12-14-2-3-14)8-9-19(15)20(32)21(34)31-17-6-4-16(5-7-17)22(35,23(25,26)27)24(28,29)30/h4-10,14,20,35H,2-3,11-12H2,1H3,(H,31,34)/t20-/m0/s1. The van der Waals surface area contributed by atoms with Crippen LogP contribution >= 0.6 is 0 Å². The van der Waals surface area contributed by atoms with Gasteiger partial charge in [0, 0.05) is 24.7 Å². The SMILES string of the molecule is CC(=O)N1Cc2cc(S(=O)(=O)CC3CC3)ccc2[C@H]1C(=O)Nc1ccc(C(O)(C(F)(F)F)C(F)(F)F)cc1. The third kappa shape index (κ3) is 4.98. The summed E-state index contributed by atoms with van der Waals surface area (Å²) in [6, 6.07) is 5.24. The predicted octanol–water partition coefficient (Wildman–Crippen LogP) is 4.22. The average Bonchev–Trinajstić information content (AvgIpc) is 3.51. The third-order valence-electron chi connectivity index (χ3n) is 6.62. The number of sulfone groups is 1. The lowest BCUT2D eigenvalue weighted by molar-refractivity contribution is -0.376. The quantitative estimate of drug-likeness (QED) is 0.512. The van der Waals surface area contributed by atoms with E-state index in [1.807, 2.05) is 0 Å². The topological polar surface area (TPSA) is 104 Å². The molecule has 0 spiro atoms. The Labute approximate surface area is 213 Å². The van der Waals surface area contributed by atoms with Gasteiger partial charge in [-0.05, 0) is 54.2 Å². The lowest BCUT2D eigenvalue weighted by atomic mass is 9.92. The summed E-state index contributed by atoms with van der Waals surface area (Å²) in [5.41, 5.74) is -6.04. The Morgan fingerprint density at radius 2 is 1.58 bits per heavy atom. The highest BCUT2D eigenvalue weighted by molar-refractivity contribution is 7.91. The molecule has 7 nitrogen and oxygen atoms in total. The van der Waals surface area contributed by atoms with Crippen LogP contribution < -0.4 is 5.32 Å². The Morgan fingerprint density at radius 1 is 1.00 bits per heavy atom. The molecule has 2 amide bonds. The molecule has 0 radical (unpaired) electrons. The van der Waals surface area contributed by atoms with E-state index < -0.39 is 51.2 Å².